The maximum atomic E-state index is 13.0. The number of thioether (sulfide) groups is 1. The zero-order valence-corrected chi connectivity index (χ0v) is 16.9. The van der Waals surface area contributed by atoms with Gasteiger partial charge in [0.2, 0.25) is 11.8 Å². The Balaban J connectivity index is 1.76. The number of esters is 1. The quantitative estimate of drug-likeness (QED) is 0.558. The average Bonchev–Trinajstić information content (AvgIpc) is 3.19. The Morgan fingerprint density at radius 2 is 1.69 bits per heavy atom. The molecule has 0 bridgehead atoms. The monoisotopic (exact) mass is 393 g/mol. The van der Waals surface area contributed by atoms with Crippen LogP contribution in [0.4, 0.5) is 5.00 Å². The smallest absolute Gasteiger partial charge is 0.342 e. The summed E-state index contributed by atoms with van der Waals surface area (Å²) in [6, 6.07) is 0. The summed E-state index contributed by atoms with van der Waals surface area (Å²) in [7, 11) is 0. The summed E-state index contributed by atoms with van der Waals surface area (Å²) in [5.74, 6) is 0.433. The van der Waals surface area contributed by atoms with Gasteiger partial charge in [0.05, 0.1) is 17.4 Å². The molecule has 1 aromatic rings. The van der Waals surface area contributed by atoms with Crippen molar-refractivity contribution in [2.75, 3.05) is 4.90 Å². The SMILES string of the molecule is CC(C)(C)OC(=O)c1c(N2C(=O)C3CCCCC3C2=O)sc2c1CSC2. The van der Waals surface area contributed by atoms with Crippen LogP contribution in [0.3, 0.4) is 0 Å². The number of fused-ring (bicyclic) bond motifs is 2. The van der Waals surface area contributed by atoms with Crippen molar-refractivity contribution < 1.29 is 19.1 Å². The van der Waals surface area contributed by atoms with Gasteiger partial charge in [0.15, 0.2) is 0 Å². The second-order valence-electron chi connectivity index (χ2n) is 8.19. The molecule has 1 saturated heterocycles. The molecule has 3 aliphatic rings. The highest BCUT2D eigenvalue weighted by Gasteiger charge is 2.51. The Bertz CT molecular complexity index is 768. The molecule has 140 valence electrons. The second kappa shape index (κ2) is 6.37. The number of carbonyl (C=O) groups is 3. The van der Waals surface area contributed by atoms with E-state index in [0.29, 0.717) is 10.6 Å². The van der Waals surface area contributed by atoms with Gasteiger partial charge >= 0.3 is 5.97 Å². The summed E-state index contributed by atoms with van der Waals surface area (Å²) in [4.78, 5) is 41.3. The van der Waals surface area contributed by atoms with Gasteiger partial charge < -0.3 is 4.74 Å². The van der Waals surface area contributed by atoms with E-state index in [0.717, 1.165) is 47.6 Å². The van der Waals surface area contributed by atoms with Gasteiger partial charge in [0, 0.05) is 16.4 Å². The van der Waals surface area contributed by atoms with E-state index in [2.05, 4.69) is 0 Å². The van der Waals surface area contributed by atoms with E-state index in [9.17, 15) is 14.4 Å². The molecule has 0 aromatic carbocycles. The first-order valence-electron chi connectivity index (χ1n) is 9.11. The highest BCUT2D eigenvalue weighted by molar-refractivity contribution is 7.98. The number of nitrogens with zero attached hydrogens (tertiary/aromatic N) is 1. The lowest BCUT2D eigenvalue weighted by Crippen LogP contribution is -2.32. The zero-order chi connectivity index (χ0) is 18.6. The van der Waals surface area contributed by atoms with E-state index < -0.39 is 11.6 Å². The Labute approximate surface area is 161 Å². The van der Waals surface area contributed by atoms with Crippen LogP contribution in [-0.2, 0) is 25.8 Å². The fourth-order valence-electron chi connectivity index (χ4n) is 4.07. The summed E-state index contributed by atoms with van der Waals surface area (Å²) in [6.07, 6.45) is 3.53. The molecule has 0 radical (unpaired) electrons. The number of thiophene rings is 1. The Morgan fingerprint density at radius 3 is 2.27 bits per heavy atom. The molecule has 2 atom stereocenters. The van der Waals surface area contributed by atoms with Gasteiger partial charge in [0.1, 0.15) is 10.6 Å². The van der Waals surface area contributed by atoms with Crippen molar-refractivity contribution in [2.24, 2.45) is 11.8 Å². The molecule has 5 nitrogen and oxygen atoms in total. The van der Waals surface area contributed by atoms with Crippen LogP contribution in [0, 0.1) is 11.8 Å². The van der Waals surface area contributed by atoms with Crippen LogP contribution >= 0.6 is 23.1 Å². The van der Waals surface area contributed by atoms with Gasteiger partial charge in [0.25, 0.3) is 0 Å². The van der Waals surface area contributed by atoms with Gasteiger partial charge in [-0.05, 0) is 39.2 Å². The van der Waals surface area contributed by atoms with Crippen molar-refractivity contribution in [3.05, 3.63) is 16.0 Å². The topological polar surface area (TPSA) is 63.7 Å². The molecule has 26 heavy (non-hydrogen) atoms. The summed E-state index contributed by atoms with van der Waals surface area (Å²) < 4.78 is 5.61. The number of rotatable bonds is 2. The van der Waals surface area contributed by atoms with Crippen molar-refractivity contribution in [1.29, 1.82) is 0 Å². The predicted molar refractivity (Wildman–Crippen MR) is 102 cm³/mol. The number of imide groups is 1. The van der Waals surface area contributed by atoms with Gasteiger partial charge in [-0.2, -0.15) is 11.8 Å². The molecule has 2 unspecified atom stereocenters. The van der Waals surface area contributed by atoms with Crippen LogP contribution in [0.1, 0.15) is 67.3 Å². The number of carbonyl (C=O) groups excluding carboxylic acids is 3. The molecule has 7 heteroatoms. The Hall–Kier alpha value is -1.34. The minimum absolute atomic E-state index is 0.128. The van der Waals surface area contributed by atoms with E-state index >= 15 is 0 Å². The highest BCUT2D eigenvalue weighted by Crippen LogP contribution is 2.48. The highest BCUT2D eigenvalue weighted by atomic mass is 32.2. The van der Waals surface area contributed by atoms with E-state index in [1.807, 2.05) is 20.8 Å². The van der Waals surface area contributed by atoms with Crippen LogP contribution in [-0.4, -0.2) is 23.4 Å². The van der Waals surface area contributed by atoms with Crippen LogP contribution in [0.25, 0.3) is 0 Å². The molecule has 1 saturated carbocycles. The number of amides is 2. The van der Waals surface area contributed by atoms with Crippen molar-refractivity contribution in [3.63, 3.8) is 0 Å². The first kappa shape index (κ1) is 18.0. The zero-order valence-electron chi connectivity index (χ0n) is 15.3. The van der Waals surface area contributed by atoms with Crippen molar-refractivity contribution in [3.8, 4) is 0 Å². The number of ether oxygens (including phenoxy) is 1. The van der Waals surface area contributed by atoms with Crippen molar-refractivity contribution in [1.82, 2.24) is 0 Å². The fraction of sp³-hybridized carbons (Fsp3) is 0.632. The summed E-state index contributed by atoms with van der Waals surface area (Å²) in [5, 5.41) is 0.494. The first-order valence-corrected chi connectivity index (χ1v) is 11.1. The van der Waals surface area contributed by atoms with E-state index in [1.54, 1.807) is 11.8 Å². The maximum absolute atomic E-state index is 13.0. The number of hydrogen-bond donors (Lipinski definition) is 0. The summed E-state index contributed by atoms with van der Waals surface area (Å²) in [6.45, 7) is 5.48. The first-order chi connectivity index (χ1) is 12.3. The Morgan fingerprint density at radius 1 is 1.08 bits per heavy atom. The van der Waals surface area contributed by atoms with E-state index in [1.165, 1.54) is 16.2 Å². The molecule has 2 amide bonds. The third-order valence-corrected chi connectivity index (χ3v) is 7.58. The molecular weight excluding hydrogens is 370 g/mol. The molecule has 1 aromatic heterocycles. The molecule has 2 aliphatic heterocycles. The van der Waals surface area contributed by atoms with Crippen molar-refractivity contribution in [2.45, 2.75) is 63.6 Å². The minimum atomic E-state index is -0.623. The second-order valence-corrected chi connectivity index (χ2v) is 10.3. The van der Waals surface area contributed by atoms with Crippen LogP contribution in [0.15, 0.2) is 0 Å². The van der Waals surface area contributed by atoms with Gasteiger partial charge in [-0.25, -0.2) is 9.69 Å². The summed E-state index contributed by atoms with van der Waals surface area (Å²) >= 11 is 3.16. The Kier molecular flexibility index (Phi) is 4.42. The molecule has 0 spiro atoms. The van der Waals surface area contributed by atoms with Gasteiger partial charge in [-0.3, -0.25) is 9.59 Å². The van der Waals surface area contributed by atoms with Crippen LogP contribution in [0.5, 0.6) is 0 Å². The lowest BCUT2D eigenvalue weighted by Gasteiger charge is -2.21. The van der Waals surface area contributed by atoms with Gasteiger partial charge in [-0.1, -0.05) is 12.8 Å². The summed E-state index contributed by atoms with van der Waals surface area (Å²) in [5.41, 5.74) is 0.757. The number of hydrogen-bond acceptors (Lipinski definition) is 6. The van der Waals surface area contributed by atoms with Crippen molar-refractivity contribution >= 4 is 45.9 Å². The molecule has 0 N–H and O–H groups in total. The maximum Gasteiger partial charge on any atom is 0.342 e. The molecule has 2 fully saturated rings. The molecule has 1 aliphatic carbocycles. The molecule has 3 heterocycles. The number of anilines is 1. The van der Waals surface area contributed by atoms with Crippen LogP contribution < -0.4 is 4.90 Å². The lowest BCUT2D eigenvalue weighted by atomic mass is 9.81. The standard InChI is InChI=1S/C19H23NO4S2/c1-19(2,3)24-18(23)14-12-8-25-9-13(12)26-17(14)20-15(21)10-6-4-5-7-11(10)16(20)22/h10-11H,4-9H2,1-3H3. The van der Waals surface area contributed by atoms with E-state index in [4.69, 9.17) is 4.74 Å². The largest absolute Gasteiger partial charge is 0.456 e. The average molecular weight is 394 g/mol. The normalized spacial score (nSPS) is 25.4. The lowest BCUT2D eigenvalue weighted by molar-refractivity contribution is -0.122. The van der Waals surface area contributed by atoms with E-state index in [-0.39, 0.29) is 23.7 Å². The van der Waals surface area contributed by atoms with Crippen LogP contribution in [0.2, 0.25) is 0 Å². The molecular formula is C19H23NO4S2. The minimum Gasteiger partial charge on any atom is -0.456 e. The fourth-order valence-corrected chi connectivity index (χ4v) is 6.74. The third kappa shape index (κ3) is 2.89. The molecule has 4 rings (SSSR count). The van der Waals surface area contributed by atoms with Gasteiger partial charge in [-0.15, -0.1) is 11.3 Å². The predicted octanol–water partition coefficient (Wildman–Crippen LogP) is 4.13. The third-order valence-electron chi connectivity index (χ3n) is 5.20.